The first-order chi connectivity index (χ1) is 10.3. The van der Waals surface area contributed by atoms with Crippen LogP contribution >= 0.6 is 0 Å². The molecule has 1 amide bonds. The number of nitrogens with one attached hydrogen (secondary N) is 2. The summed E-state index contributed by atoms with van der Waals surface area (Å²) >= 11 is 0. The molecule has 2 rings (SSSR count). The molecule has 0 radical (unpaired) electrons. The Kier molecular flexibility index (Phi) is 5.12. The van der Waals surface area contributed by atoms with Crippen LogP contribution in [0, 0.1) is 12.8 Å². The highest BCUT2D eigenvalue weighted by molar-refractivity contribution is 5.97. The molecule has 3 N–H and O–H groups in total. The van der Waals surface area contributed by atoms with Crippen molar-refractivity contribution in [2.45, 2.75) is 58.6 Å². The van der Waals surface area contributed by atoms with E-state index in [1.807, 2.05) is 25.1 Å². The lowest BCUT2D eigenvalue weighted by Gasteiger charge is -2.36. The van der Waals surface area contributed by atoms with Gasteiger partial charge in [0.2, 0.25) is 0 Å². The lowest BCUT2D eigenvalue weighted by molar-refractivity contribution is -0.0300. The summed E-state index contributed by atoms with van der Waals surface area (Å²) in [6, 6.07) is 6.08. The van der Waals surface area contributed by atoms with Gasteiger partial charge in [-0.15, -0.1) is 0 Å². The van der Waals surface area contributed by atoms with Gasteiger partial charge in [-0.05, 0) is 56.7 Å². The second-order valence-corrected chi connectivity index (χ2v) is 6.92. The maximum atomic E-state index is 12.4. The molecule has 0 bridgehead atoms. The van der Waals surface area contributed by atoms with Gasteiger partial charge in [-0.1, -0.05) is 19.9 Å². The summed E-state index contributed by atoms with van der Waals surface area (Å²) in [5.41, 5.74) is 1.93. The third-order valence-electron chi connectivity index (χ3n) is 4.82. The van der Waals surface area contributed by atoms with Crippen LogP contribution in [-0.2, 0) is 0 Å². The van der Waals surface area contributed by atoms with Gasteiger partial charge in [0.15, 0.2) is 0 Å². The molecule has 1 aliphatic rings. The predicted octanol–water partition coefficient (Wildman–Crippen LogP) is 3.10. The van der Waals surface area contributed by atoms with Gasteiger partial charge >= 0.3 is 0 Å². The quantitative estimate of drug-likeness (QED) is 0.757. The molecule has 1 unspecified atom stereocenters. The number of rotatable bonds is 6. The molecular weight excluding hydrogens is 276 g/mol. The lowest BCUT2D eigenvalue weighted by Crippen LogP contribution is -2.47. The first-order valence-corrected chi connectivity index (χ1v) is 8.19. The Morgan fingerprint density at radius 1 is 1.32 bits per heavy atom. The largest absolute Gasteiger partial charge is 0.388 e. The minimum absolute atomic E-state index is 0.112. The summed E-state index contributed by atoms with van der Waals surface area (Å²) in [5.74, 6) is 0.406. The Balaban J connectivity index is 2.05. The van der Waals surface area contributed by atoms with Gasteiger partial charge in [0.1, 0.15) is 0 Å². The zero-order chi connectivity index (χ0) is 16.3. The zero-order valence-corrected chi connectivity index (χ0v) is 14.1. The van der Waals surface area contributed by atoms with E-state index >= 15 is 0 Å². The smallest absolute Gasteiger partial charge is 0.251 e. The van der Waals surface area contributed by atoms with E-state index in [0.717, 1.165) is 30.5 Å². The van der Waals surface area contributed by atoms with E-state index in [1.54, 1.807) is 0 Å². The molecule has 0 aromatic heterocycles. The van der Waals surface area contributed by atoms with Gasteiger partial charge in [-0.2, -0.15) is 0 Å². The minimum atomic E-state index is -0.689. The van der Waals surface area contributed by atoms with Crippen molar-refractivity contribution in [2.75, 3.05) is 11.9 Å². The normalized spacial score (nSPS) is 17.7. The maximum Gasteiger partial charge on any atom is 0.251 e. The van der Waals surface area contributed by atoms with Crippen molar-refractivity contribution in [1.82, 2.24) is 5.32 Å². The van der Waals surface area contributed by atoms with E-state index < -0.39 is 5.60 Å². The van der Waals surface area contributed by atoms with E-state index in [1.165, 1.54) is 0 Å². The van der Waals surface area contributed by atoms with Crippen LogP contribution in [0.15, 0.2) is 18.2 Å². The molecule has 0 spiro atoms. The van der Waals surface area contributed by atoms with Crippen LogP contribution in [0.25, 0.3) is 0 Å². The molecule has 0 aliphatic heterocycles. The molecule has 4 heteroatoms. The highest BCUT2D eigenvalue weighted by Gasteiger charge is 2.34. The molecule has 1 atom stereocenters. The van der Waals surface area contributed by atoms with Crippen LogP contribution in [0.1, 0.15) is 56.0 Å². The fourth-order valence-electron chi connectivity index (χ4n) is 2.55. The van der Waals surface area contributed by atoms with E-state index in [2.05, 4.69) is 31.4 Å². The summed E-state index contributed by atoms with van der Waals surface area (Å²) in [5, 5.41) is 16.4. The van der Waals surface area contributed by atoms with Gasteiger partial charge in [0.05, 0.1) is 5.60 Å². The van der Waals surface area contributed by atoms with Crippen LogP contribution in [0.3, 0.4) is 0 Å². The minimum Gasteiger partial charge on any atom is -0.388 e. The van der Waals surface area contributed by atoms with Crippen molar-refractivity contribution in [3.05, 3.63) is 29.3 Å². The van der Waals surface area contributed by atoms with E-state index in [4.69, 9.17) is 0 Å². The summed E-state index contributed by atoms with van der Waals surface area (Å²) in [4.78, 5) is 12.4. The SMILES string of the molecule is Cc1c(NC(C)C(C)C)cccc1C(=O)NCC1(O)CCC1. The molecule has 122 valence electrons. The molecule has 0 saturated heterocycles. The van der Waals surface area contributed by atoms with Crippen molar-refractivity contribution in [2.24, 2.45) is 5.92 Å². The average Bonchev–Trinajstić information content (AvgIpc) is 2.44. The van der Waals surface area contributed by atoms with Gasteiger partial charge < -0.3 is 15.7 Å². The number of carbonyl (C=O) groups excluding carboxylic acids is 1. The molecule has 0 heterocycles. The van der Waals surface area contributed by atoms with Gasteiger partial charge in [-0.3, -0.25) is 4.79 Å². The number of anilines is 1. The average molecular weight is 304 g/mol. The third kappa shape index (κ3) is 3.80. The van der Waals surface area contributed by atoms with E-state index in [0.29, 0.717) is 24.1 Å². The lowest BCUT2D eigenvalue weighted by atomic mass is 9.80. The van der Waals surface area contributed by atoms with Crippen LogP contribution in [0.4, 0.5) is 5.69 Å². The number of hydrogen-bond donors (Lipinski definition) is 3. The Morgan fingerprint density at radius 3 is 2.55 bits per heavy atom. The van der Waals surface area contributed by atoms with Crippen molar-refractivity contribution >= 4 is 11.6 Å². The topological polar surface area (TPSA) is 61.4 Å². The number of aliphatic hydroxyl groups is 1. The second-order valence-electron chi connectivity index (χ2n) is 6.92. The summed E-state index contributed by atoms with van der Waals surface area (Å²) in [7, 11) is 0. The molecule has 1 aromatic rings. The van der Waals surface area contributed by atoms with Gasteiger partial charge in [0.25, 0.3) is 5.91 Å². The maximum absolute atomic E-state index is 12.4. The van der Waals surface area contributed by atoms with Crippen molar-refractivity contribution < 1.29 is 9.90 Å². The summed E-state index contributed by atoms with van der Waals surface area (Å²) in [6.45, 7) is 8.78. The Morgan fingerprint density at radius 2 is 2.00 bits per heavy atom. The number of amides is 1. The fraction of sp³-hybridized carbons (Fsp3) is 0.611. The van der Waals surface area contributed by atoms with Crippen LogP contribution in [0.5, 0.6) is 0 Å². The molecule has 1 aromatic carbocycles. The zero-order valence-electron chi connectivity index (χ0n) is 14.1. The molecule has 1 saturated carbocycles. The Bertz CT molecular complexity index is 536. The number of carbonyl (C=O) groups is 1. The monoisotopic (exact) mass is 304 g/mol. The predicted molar refractivity (Wildman–Crippen MR) is 90.2 cm³/mol. The summed E-state index contributed by atoms with van der Waals surface area (Å²) < 4.78 is 0. The van der Waals surface area contributed by atoms with Crippen LogP contribution in [0.2, 0.25) is 0 Å². The van der Waals surface area contributed by atoms with Crippen molar-refractivity contribution in [3.8, 4) is 0 Å². The van der Waals surface area contributed by atoms with Gasteiger partial charge in [-0.25, -0.2) is 0 Å². The van der Waals surface area contributed by atoms with Crippen LogP contribution < -0.4 is 10.6 Å². The van der Waals surface area contributed by atoms with Crippen molar-refractivity contribution in [3.63, 3.8) is 0 Å². The van der Waals surface area contributed by atoms with E-state index in [-0.39, 0.29) is 5.91 Å². The van der Waals surface area contributed by atoms with E-state index in [9.17, 15) is 9.90 Å². The molecule has 4 nitrogen and oxygen atoms in total. The number of hydrogen-bond acceptors (Lipinski definition) is 3. The van der Waals surface area contributed by atoms with Crippen LogP contribution in [-0.4, -0.2) is 29.2 Å². The first kappa shape index (κ1) is 16.8. The van der Waals surface area contributed by atoms with Crippen molar-refractivity contribution in [1.29, 1.82) is 0 Å². The third-order valence-corrected chi connectivity index (χ3v) is 4.82. The standard InChI is InChI=1S/C18H28N2O2/c1-12(2)14(4)20-16-8-5-7-15(13(16)3)17(21)19-11-18(22)9-6-10-18/h5,7-8,12,14,20,22H,6,9-11H2,1-4H3,(H,19,21). The van der Waals surface area contributed by atoms with Gasteiger partial charge in [0, 0.05) is 23.8 Å². The molecular formula is C18H28N2O2. The second kappa shape index (κ2) is 6.69. The molecule has 1 aliphatic carbocycles. The Hall–Kier alpha value is -1.55. The highest BCUT2D eigenvalue weighted by Crippen LogP contribution is 2.30. The molecule has 1 fully saturated rings. The first-order valence-electron chi connectivity index (χ1n) is 8.19. The molecule has 22 heavy (non-hydrogen) atoms. The fourth-order valence-corrected chi connectivity index (χ4v) is 2.55. The Labute approximate surface area is 133 Å². The summed E-state index contributed by atoms with van der Waals surface area (Å²) in [6.07, 6.45) is 2.59. The number of benzene rings is 1. The highest BCUT2D eigenvalue weighted by atomic mass is 16.3.